The number of methoxy groups -OCH3 is 1. The Morgan fingerprint density at radius 3 is 2.70 bits per heavy atom. The number of carbonyl (C=O) groups is 2. The maximum Gasteiger partial charge on any atom is 0.339 e. The van der Waals surface area contributed by atoms with E-state index in [2.05, 4.69) is 4.74 Å². The standard InChI is InChI=1S/C17H22O6/c1-21-16(18)5-3-12-2-4-15(14(10-12)17(19)20)23-11-13-6-8-22-9-7-13/h2,4,10,13H,3,5-9,11H2,1H3,(H,19,20). The Morgan fingerprint density at radius 1 is 1.30 bits per heavy atom. The van der Waals surface area contributed by atoms with Crippen molar-refractivity contribution < 1.29 is 28.9 Å². The zero-order valence-corrected chi connectivity index (χ0v) is 13.2. The van der Waals surface area contributed by atoms with E-state index in [1.165, 1.54) is 7.11 Å². The van der Waals surface area contributed by atoms with Gasteiger partial charge in [-0.15, -0.1) is 0 Å². The number of aromatic carboxylic acids is 1. The molecule has 0 unspecified atom stereocenters. The Labute approximate surface area is 135 Å². The van der Waals surface area contributed by atoms with Crippen LogP contribution in [0.15, 0.2) is 18.2 Å². The lowest BCUT2D eigenvalue weighted by molar-refractivity contribution is -0.140. The topological polar surface area (TPSA) is 82.1 Å². The number of carboxylic acids is 1. The summed E-state index contributed by atoms with van der Waals surface area (Å²) < 4.78 is 15.6. The molecule has 0 atom stereocenters. The van der Waals surface area contributed by atoms with Crippen molar-refractivity contribution in [2.24, 2.45) is 5.92 Å². The molecule has 0 aromatic heterocycles. The summed E-state index contributed by atoms with van der Waals surface area (Å²) in [5.74, 6) is -0.594. The van der Waals surface area contributed by atoms with E-state index in [9.17, 15) is 14.7 Å². The van der Waals surface area contributed by atoms with Crippen molar-refractivity contribution in [2.75, 3.05) is 26.9 Å². The molecule has 0 amide bonds. The summed E-state index contributed by atoms with van der Waals surface area (Å²) in [5.41, 5.74) is 0.894. The molecule has 2 rings (SSSR count). The summed E-state index contributed by atoms with van der Waals surface area (Å²) in [6.07, 6.45) is 2.52. The van der Waals surface area contributed by atoms with Crippen LogP contribution in [0.4, 0.5) is 0 Å². The Kier molecular flexibility index (Phi) is 6.40. The molecule has 0 spiro atoms. The third kappa shape index (κ3) is 5.25. The van der Waals surface area contributed by atoms with Crippen LogP contribution in [-0.2, 0) is 20.7 Å². The average Bonchev–Trinajstić information content (AvgIpc) is 2.58. The Morgan fingerprint density at radius 2 is 2.04 bits per heavy atom. The fourth-order valence-electron chi connectivity index (χ4n) is 2.49. The van der Waals surface area contributed by atoms with Crippen LogP contribution in [0.2, 0.25) is 0 Å². The maximum atomic E-state index is 11.4. The van der Waals surface area contributed by atoms with Crippen LogP contribution in [0.25, 0.3) is 0 Å². The molecule has 1 aromatic rings. The summed E-state index contributed by atoms with van der Waals surface area (Å²) in [7, 11) is 1.33. The monoisotopic (exact) mass is 322 g/mol. The quantitative estimate of drug-likeness (QED) is 0.776. The third-order valence-electron chi connectivity index (χ3n) is 3.94. The van der Waals surface area contributed by atoms with Gasteiger partial charge in [0.05, 0.1) is 13.7 Å². The normalized spacial score (nSPS) is 15.2. The molecule has 6 nitrogen and oxygen atoms in total. The minimum absolute atomic E-state index is 0.124. The van der Waals surface area contributed by atoms with E-state index in [1.54, 1.807) is 18.2 Å². The van der Waals surface area contributed by atoms with E-state index in [1.807, 2.05) is 0 Å². The number of rotatable bonds is 7. The first-order valence-electron chi connectivity index (χ1n) is 7.73. The van der Waals surface area contributed by atoms with Gasteiger partial charge in [0.2, 0.25) is 0 Å². The lowest BCUT2D eigenvalue weighted by Gasteiger charge is -2.22. The minimum atomic E-state index is -1.04. The van der Waals surface area contributed by atoms with E-state index >= 15 is 0 Å². The molecule has 1 saturated heterocycles. The Balaban J connectivity index is 2.00. The van der Waals surface area contributed by atoms with Gasteiger partial charge in [0, 0.05) is 19.6 Å². The molecule has 23 heavy (non-hydrogen) atoms. The van der Waals surface area contributed by atoms with Crippen molar-refractivity contribution in [3.05, 3.63) is 29.3 Å². The number of carboxylic acid groups (broad SMARTS) is 1. The Bertz CT molecular complexity index is 548. The lowest BCUT2D eigenvalue weighted by Crippen LogP contribution is -2.22. The van der Waals surface area contributed by atoms with Crippen LogP contribution in [0.5, 0.6) is 5.75 Å². The molecule has 1 fully saturated rings. The molecular formula is C17H22O6. The van der Waals surface area contributed by atoms with E-state index < -0.39 is 5.97 Å². The van der Waals surface area contributed by atoms with Crippen LogP contribution >= 0.6 is 0 Å². The molecule has 1 aliphatic heterocycles. The van der Waals surface area contributed by atoms with Gasteiger partial charge in [-0.1, -0.05) is 6.07 Å². The van der Waals surface area contributed by atoms with Gasteiger partial charge >= 0.3 is 11.9 Å². The van der Waals surface area contributed by atoms with Gasteiger partial charge in [0.1, 0.15) is 11.3 Å². The summed E-state index contributed by atoms with van der Waals surface area (Å²) in [5, 5.41) is 9.36. The largest absolute Gasteiger partial charge is 0.492 e. The number of esters is 1. The summed E-state index contributed by atoms with van der Waals surface area (Å²) in [6.45, 7) is 1.95. The summed E-state index contributed by atoms with van der Waals surface area (Å²) >= 11 is 0. The smallest absolute Gasteiger partial charge is 0.339 e. The second-order valence-corrected chi connectivity index (χ2v) is 5.58. The van der Waals surface area contributed by atoms with Gasteiger partial charge in [-0.05, 0) is 42.9 Å². The van der Waals surface area contributed by atoms with Gasteiger partial charge < -0.3 is 19.3 Å². The second-order valence-electron chi connectivity index (χ2n) is 5.58. The number of hydrogen-bond donors (Lipinski definition) is 1. The maximum absolute atomic E-state index is 11.4. The van der Waals surface area contributed by atoms with E-state index in [4.69, 9.17) is 9.47 Å². The summed E-state index contributed by atoms with van der Waals surface area (Å²) in [6, 6.07) is 5.01. The van der Waals surface area contributed by atoms with Crippen LogP contribution in [0, 0.1) is 5.92 Å². The highest BCUT2D eigenvalue weighted by Crippen LogP contribution is 2.23. The molecular weight excluding hydrogens is 300 g/mol. The molecule has 0 bridgehead atoms. The van der Waals surface area contributed by atoms with Crippen molar-refractivity contribution in [1.82, 2.24) is 0 Å². The highest BCUT2D eigenvalue weighted by atomic mass is 16.5. The van der Waals surface area contributed by atoms with Crippen molar-refractivity contribution in [3.63, 3.8) is 0 Å². The molecule has 1 aromatic carbocycles. The van der Waals surface area contributed by atoms with Gasteiger partial charge in [-0.2, -0.15) is 0 Å². The van der Waals surface area contributed by atoms with Gasteiger partial charge in [-0.3, -0.25) is 4.79 Å². The van der Waals surface area contributed by atoms with Crippen molar-refractivity contribution in [1.29, 1.82) is 0 Å². The fraction of sp³-hybridized carbons (Fsp3) is 0.529. The fourth-order valence-corrected chi connectivity index (χ4v) is 2.49. The van der Waals surface area contributed by atoms with Crippen LogP contribution in [0.1, 0.15) is 35.2 Å². The zero-order valence-electron chi connectivity index (χ0n) is 13.2. The molecule has 0 radical (unpaired) electrons. The van der Waals surface area contributed by atoms with Crippen molar-refractivity contribution in [2.45, 2.75) is 25.7 Å². The minimum Gasteiger partial charge on any atom is -0.492 e. The predicted molar refractivity (Wildman–Crippen MR) is 82.8 cm³/mol. The zero-order chi connectivity index (χ0) is 16.7. The highest BCUT2D eigenvalue weighted by molar-refractivity contribution is 5.91. The highest BCUT2D eigenvalue weighted by Gasteiger charge is 2.17. The number of aryl methyl sites for hydroxylation is 1. The number of hydrogen-bond acceptors (Lipinski definition) is 5. The molecule has 1 heterocycles. The van der Waals surface area contributed by atoms with Crippen molar-refractivity contribution >= 4 is 11.9 Å². The average molecular weight is 322 g/mol. The molecule has 126 valence electrons. The summed E-state index contributed by atoms with van der Waals surface area (Å²) in [4.78, 5) is 22.6. The Hall–Kier alpha value is -2.08. The SMILES string of the molecule is COC(=O)CCc1ccc(OCC2CCOCC2)c(C(=O)O)c1. The van der Waals surface area contributed by atoms with Crippen LogP contribution < -0.4 is 4.74 Å². The number of carbonyl (C=O) groups excluding carboxylic acids is 1. The van der Waals surface area contributed by atoms with Crippen molar-refractivity contribution in [3.8, 4) is 5.75 Å². The first-order chi connectivity index (χ1) is 11.1. The molecule has 0 aliphatic carbocycles. The van der Waals surface area contributed by atoms with Crippen LogP contribution in [0.3, 0.4) is 0 Å². The number of ether oxygens (including phenoxy) is 3. The first-order valence-corrected chi connectivity index (χ1v) is 7.73. The van der Waals surface area contributed by atoms with Gasteiger partial charge in [0.15, 0.2) is 0 Å². The second kappa shape index (κ2) is 8.53. The van der Waals surface area contributed by atoms with Gasteiger partial charge in [-0.25, -0.2) is 4.79 Å². The van der Waals surface area contributed by atoms with E-state index in [0.29, 0.717) is 24.7 Å². The third-order valence-corrected chi connectivity index (χ3v) is 3.94. The molecule has 1 aliphatic rings. The van der Waals surface area contributed by atoms with Gasteiger partial charge in [0.25, 0.3) is 0 Å². The first kappa shape index (κ1) is 17.3. The predicted octanol–water partition coefficient (Wildman–Crippen LogP) is 2.30. The number of benzene rings is 1. The molecule has 1 N–H and O–H groups in total. The lowest BCUT2D eigenvalue weighted by atomic mass is 10.0. The van der Waals surface area contributed by atoms with E-state index in [0.717, 1.165) is 31.6 Å². The van der Waals surface area contributed by atoms with E-state index in [-0.39, 0.29) is 18.0 Å². The molecule has 0 saturated carbocycles. The van der Waals surface area contributed by atoms with Crippen LogP contribution in [-0.4, -0.2) is 44.0 Å². The molecule has 6 heteroatoms.